The predicted octanol–water partition coefficient (Wildman–Crippen LogP) is 4.30. The van der Waals surface area contributed by atoms with Gasteiger partial charge in [-0.05, 0) is 47.5 Å². The van der Waals surface area contributed by atoms with Gasteiger partial charge in [0.05, 0.1) is 13.2 Å². The summed E-state index contributed by atoms with van der Waals surface area (Å²) in [7, 11) is 1.62. The normalized spacial score (nSPS) is 14.8. The van der Waals surface area contributed by atoms with Crippen molar-refractivity contribution in [2.45, 2.75) is 12.6 Å². The number of carbonyl (C=O) groups excluding carboxylic acids is 1. The van der Waals surface area contributed by atoms with Crippen LogP contribution in [0.4, 0.5) is 0 Å². The van der Waals surface area contributed by atoms with Crippen LogP contribution in [0.5, 0.6) is 11.5 Å². The van der Waals surface area contributed by atoms with Gasteiger partial charge in [-0.15, -0.1) is 0 Å². The highest BCUT2D eigenvalue weighted by atomic mass is 16.5. The van der Waals surface area contributed by atoms with E-state index in [1.165, 1.54) is 0 Å². The lowest BCUT2D eigenvalue weighted by atomic mass is 10.0. The molecule has 1 unspecified atom stereocenters. The first-order valence-corrected chi connectivity index (χ1v) is 11.0. The number of hydrogen-bond acceptors (Lipinski definition) is 5. The fourth-order valence-electron chi connectivity index (χ4n) is 3.95. The quantitative estimate of drug-likeness (QED) is 0.547. The molecule has 3 aromatic carbocycles. The molecule has 1 aliphatic rings. The number of carbonyl (C=O) groups is 1. The third-order valence-corrected chi connectivity index (χ3v) is 5.87. The number of piperazine rings is 1. The second kappa shape index (κ2) is 10.7. The van der Waals surface area contributed by atoms with E-state index in [0.717, 1.165) is 22.6 Å². The van der Waals surface area contributed by atoms with Gasteiger partial charge in [0.25, 0.3) is 5.91 Å². The molecule has 3 aromatic rings. The summed E-state index contributed by atoms with van der Waals surface area (Å²) in [5.41, 5.74) is 2.61. The minimum atomic E-state index is -0.336. The molecule has 33 heavy (non-hydrogen) atoms. The Morgan fingerprint density at radius 1 is 0.909 bits per heavy atom. The van der Waals surface area contributed by atoms with E-state index >= 15 is 0 Å². The fraction of sp³-hybridized carbons (Fsp3) is 0.259. The number of methoxy groups -OCH3 is 1. The first kappa shape index (κ1) is 22.4. The molecule has 0 N–H and O–H groups in total. The van der Waals surface area contributed by atoms with Gasteiger partial charge in [0.1, 0.15) is 24.1 Å². The van der Waals surface area contributed by atoms with Gasteiger partial charge in [0.15, 0.2) is 0 Å². The lowest BCUT2D eigenvalue weighted by Crippen LogP contribution is -2.49. The second-order valence-corrected chi connectivity index (χ2v) is 7.93. The molecule has 1 fully saturated rings. The van der Waals surface area contributed by atoms with Crippen molar-refractivity contribution in [3.8, 4) is 17.6 Å². The van der Waals surface area contributed by atoms with Crippen LogP contribution in [0.1, 0.15) is 27.5 Å². The number of para-hydroxylation sites is 1. The Morgan fingerprint density at radius 3 is 2.18 bits per heavy atom. The van der Waals surface area contributed by atoms with Crippen molar-refractivity contribution < 1.29 is 14.3 Å². The summed E-state index contributed by atoms with van der Waals surface area (Å²) in [6, 6.07) is 26.9. The van der Waals surface area contributed by atoms with Crippen molar-refractivity contribution >= 4 is 5.91 Å². The SMILES string of the molecule is COc1ccc(C(C#N)N2CCN(C(=O)c3ccc(COc4ccccc4)cc3)CC2)cc1. The number of nitrogens with zero attached hydrogens (tertiary/aromatic N) is 3. The van der Waals surface area contributed by atoms with Crippen LogP contribution in [0, 0.1) is 11.3 Å². The number of hydrogen-bond donors (Lipinski definition) is 0. The molecule has 1 saturated heterocycles. The van der Waals surface area contributed by atoms with E-state index in [4.69, 9.17) is 9.47 Å². The molecular formula is C27H27N3O3. The van der Waals surface area contributed by atoms with Crippen LogP contribution in [0.15, 0.2) is 78.9 Å². The minimum Gasteiger partial charge on any atom is -0.497 e. The molecule has 4 rings (SSSR count). The Kier molecular flexibility index (Phi) is 7.23. The van der Waals surface area contributed by atoms with Crippen LogP contribution >= 0.6 is 0 Å². The Morgan fingerprint density at radius 2 is 1.58 bits per heavy atom. The van der Waals surface area contributed by atoms with E-state index in [0.29, 0.717) is 38.3 Å². The van der Waals surface area contributed by atoms with Gasteiger partial charge in [-0.25, -0.2) is 0 Å². The maximum Gasteiger partial charge on any atom is 0.253 e. The van der Waals surface area contributed by atoms with Crippen LogP contribution in [-0.2, 0) is 6.61 Å². The van der Waals surface area contributed by atoms with E-state index < -0.39 is 0 Å². The third kappa shape index (κ3) is 5.51. The molecular weight excluding hydrogens is 414 g/mol. The lowest BCUT2D eigenvalue weighted by Gasteiger charge is -2.37. The first-order valence-electron chi connectivity index (χ1n) is 11.0. The summed E-state index contributed by atoms with van der Waals surface area (Å²) in [4.78, 5) is 17.0. The molecule has 1 heterocycles. The van der Waals surface area contributed by atoms with Crippen LogP contribution < -0.4 is 9.47 Å². The fourth-order valence-corrected chi connectivity index (χ4v) is 3.95. The van der Waals surface area contributed by atoms with Gasteiger partial charge in [-0.1, -0.05) is 42.5 Å². The van der Waals surface area contributed by atoms with Crippen molar-refractivity contribution in [2.24, 2.45) is 0 Å². The van der Waals surface area contributed by atoms with Gasteiger partial charge in [-0.3, -0.25) is 9.69 Å². The smallest absolute Gasteiger partial charge is 0.253 e. The third-order valence-electron chi connectivity index (χ3n) is 5.87. The minimum absolute atomic E-state index is 0.0168. The lowest BCUT2D eigenvalue weighted by molar-refractivity contribution is 0.0606. The van der Waals surface area contributed by atoms with Gasteiger partial charge in [0.2, 0.25) is 0 Å². The molecule has 1 aliphatic heterocycles. The molecule has 0 spiro atoms. The van der Waals surface area contributed by atoms with Gasteiger partial charge < -0.3 is 14.4 Å². The molecule has 168 valence electrons. The van der Waals surface area contributed by atoms with E-state index in [-0.39, 0.29) is 11.9 Å². The molecule has 0 saturated carbocycles. The number of benzene rings is 3. The average molecular weight is 442 g/mol. The van der Waals surface area contributed by atoms with Crippen molar-refractivity contribution in [2.75, 3.05) is 33.3 Å². The molecule has 6 heteroatoms. The van der Waals surface area contributed by atoms with E-state index in [1.54, 1.807) is 7.11 Å². The van der Waals surface area contributed by atoms with Gasteiger partial charge in [0, 0.05) is 31.7 Å². The van der Waals surface area contributed by atoms with E-state index in [2.05, 4.69) is 11.0 Å². The summed E-state index contributed by atoms with van der Waals surface area (Å²) >= 11 is 0. The average Bonchev–Trinajstić information content (AvgIpc) is 2.89. The van der Waals surface area contributed by atoms with Crippen molar-refractivity contribution in [1.82, 2.24) is 9.80 Å². The molecule has 0 radical (unpaired) electrons. The van der Waals surface area contributed by atoms with E-state index in [1.807, 2.05) is 83.8 Å². The standard InChI is InChI=1S/C27H27N3O3/c1-32-24-13-11-22(12-14-24)26(19-28)29-15-17-30(18-16-29)27(31)23-9-7-21(8-10-23)20-33-25-5-3-2-4-6-25/h2-14,26H,15-18,20H2,1H3. The zero-order valence-corrected chi connectivity index (χ0v) is 18.7. The summed E-state index contributed by atoms with van der Waals surface area (Å²) in [5.74, 6) is 1.60. The van der Waals surface area contributed by atoms with Crippen LogP contribution in [-0.4, -0.2) is 49.0 Å². The van der Waals surface area contributed by atoms with Gasteiger partial charge in [-0.2, -0.15) is 5.26 Å². The number of ether oxygens (including phenoxy) is 2. The van der Waals surface area contributed by atoms with Crippen LogP contribution in [0.3, 0.4) is 0 Å². The molecule has 1 atom stereocenters. The van der Waals surface area contributed by atoms with Crippen LogP contribution in [0.25, 0.3) is 0 Å². The number of nitriles is 1. The largest absolute Gasteiger partial charge is 0.497 e. The van der Waals surface area contributed by atoms with E-state index in [9.17, 15) is 10.1 Å². The highest BCUT2D eigenvalue weighted by Crippen LogP contribution is 2.24. The zero-order valence-electron chi connectivity index (χ0n) is 18.7. The number of amides is 1. The molecule has 6 nitrogen and oxygen atoms in total. The Bertz CT molecular complexity index is 1080. The van der Waals surface area contributed by atoms with Gasteiger partial charge >= 0.3 is 0 Å². The summed E-state index contributed by atoms with van der Waals surface area (Å²) in [5, 5.41) is 9.74. The second-order valence-electron chi connectivity index (χ2n) is 7.93. The van der Waals surface area contributed by atoms with Crippen LogP contribution in [0.2, 0.25) is 0 Å². The highest BCUT2D eigenvalue weighted by molar-refractivity contribution is 5.94. The zero-order chi connectivity index (χ0) is 23.0. The maximum absolute atomic E-state index is 13.0. The number of rotatable bonds is 7. The summed E-state index contributed by atoms with van der Waals surface area (Å²) in [6.07, 6.45) is 0. The maximum atomic E-state index is 13.0. The highest BCUT2D eigenvalue weighted by Gasteiger charge is 2.27. The Labute approximate surface area is 194 Å². The Balaban J connectivity index is 1.31. The van der Waals surface area contributed by atoms with Crippen molar-refractivity contribution in [3.63, 3.8) is 0 Å². The van der Waals surface area contributed by atoms with Crippen molar-refractivity contribution in [3.05, 3.63) is 95.6 Å². The molecule has 0 aromatic heterocycles. The first-order chi connectivity index (χ1) is 16.2. The molecule has 1 amide bonds. The predicted molar refractivity (Wildman–Crippen MR) is 126 cm³/mol. The van der Waals surface area contributed by atoms with Crippen molar-refractivity contribution in [1.29, 1.82) is 5.26 Å². The topological polar surface area (TPSA) is 65.8 Å². The monoisotopic (exact) mass is 441 g/mol. The Hall–Kier alpha value is -3.82. The molecule has 0 aliphatic carbocycles. The molecule has 0 bridgehead atoms. The summed E-state index contributed by atoms with van der Waals surface area (Å²) in [6.45, 7) is 2.94. The summed E-state index contributed by atoms with van der Waals surface area (Å²) < 4.78 is 11.0.